The molecule has 88 valence electrons. The number of carboxylic acid groups (broad SMARTS) is 1. The van der Waals surface area contributed by atoms with E-state index < -0.39 is 5.97 Å². The van der Waals surface area contributed by atoms with Crippen LogP contribution < -0.4 is 0 Å². The molecular formula is C11H16N2O3. The molecule has 2 heterocycles. The molecule has 1 aliphatic rings. The van der Waals surface area contributed by atoms with Crippen molar-refractivity contribution in [2.75, 3.05) is 13.2 Å². The Labute approximate surface area is 94.0 Å². The monoisotopic (exact) mass is 224 g/mol. The molecule has 1 saturated heterocycles. The molecule has 0 bridgehead atoms. The number of ether oxygens (including phenoxy) is 1. The third kappa shape index (κ3) is 1.95. The molecule has 5 heteroatoms. The molecule has 16 heavy (non-hydrogen) atoms. The average Bonchev–Trinajstić information content (AvgIpc) is 2.76. The molecule has 1 aromatic rings. The predicted octanol–water partition coefficient (Wildman–Crippen LogP) is 1.23. The molecule has 1 N–H and O–H groups in total. The van der Waals surface area contributed by atoms with Crippen LogP contribution in [0.25, 0.3) is 0 Å². The molecule has 0 amide bonds. The zero-order valence-corrected chi connectivity index (χ0v) is 9.56. The average molecular weight is 224 g/mol. The number of aryl methyl sites for hydroxylation is 1. The number of carbonyl (C=O) groups is 1. The molecule has 1 aliphatic heterocycles. The number of aromatic carboxylic acids is 1. The van der Waals surface area contributed by atoms with Gasteiger partial charge in [-0.15, -0.1) is 0 Å². The molecule has 0 spiro atoms. The highest BCUT2D eigenvalue weighted by molar-refractivity contribution is 5.90. The Kier molecular flexibility index (Phi) is 2.96. The van der Waals surface area contributed by atoms with Crippen LogP contribution >= 0.6 is 0 Å². The van der Waals surface area contributed by atoms with Gasteiger partial charge in [-0.2, -0.15) is 5.10 Å². The molecule has 0 aliphatic carbocycles. The van der Waals surface area contributed by atoms with E-state index in [1.807, 2.05) is 0 Å². The highest BCUT2D eigenvalue weighted by Gasteiger charge is 2.21. The minimum Gasteiger partial charge on any atom is -0.478 e. The molecular weight excluding hydrogens is 208 g/mol. The fraction of sp³-hybridized carbons (Fsp3) is 0.636. The summed E-state index contributed by atoms with van der Waals surface area (Å²) in [5.41, 5.74) is 1.65. The lowest BCUT2D eigenvalue weighted by Gasteiger charge is -2.09. The topological polar surface area (TPSA) is 64.4 Å². The summed E-state index contributed by atoms with van der Waals surface area (Å²) in [6.07, 6.45) is 1.03. The summed E-state index contributed by atoms with van der Waals surface area (Å²) in [6, 6.07) is 0. The van der Waals surface area contributed by atoms with Crippen LogP contribution in [0.4, 0.5) is 0 Å². The SMILES string of the molecule is Cc1nn(CC2CCOC2)c(C)c1C(=O)O. The number of hydrogen-bond acceptors (Lipinski definition) is 3. The third-order valence-corrected chi connectivity index (χ3v) is 3.05. The molecule has 1 unspecified atom stereocenters. The van der Waals surface area contributed by atoms with Gasteiger partial charge in [-0.25, -0.2) is 4.79 Å². The molecule has 5 nitrogen and oxygen atoms in total. The maximum Gasteiger partial charge on any atom is 0.339 e. The van der Waals surface area contributed by atoms with Crippen molar-refractivity contribution in [3.05, 3.63) is 17.0 Å². The lowest BCUT2D eigenvalue weighted by atomic mass is 10.1. The van der Waals surface area contributed by atoms with Gasteiger partial charge in [-0.3, -0.25) is 4.68 Å². The van der Waals surface area contributed by atoms with Crippen LogP contribution in [-0.2, 0) is 11.3 Å². The van der Waals surface area contributed by atoms with Gasteiger partial charge in [0.2, 0.25) is 0 Å². The van der Waals surface area contributed by atoms with Gasteiger partial charge in [0.15, 0.2) is 0 Å². The second kappa shape index (κ2) is 4.25. The molecule has 1 atom stereocenters. The van der Waals surface area contributed by atoms with Gasteiger partial charge in [0, 0.05) is 19.1 Å². The van der Waals surface area contributed by atoms with Crippen LogP contribution in [0, 0.1) is 19.8 Å². The highest BCUT2D eigenvalue weighted by Crippen LogP contribution is 2.18. The number of nitrogens with zero attached hydrogens (tertiary/aromatic N) is 2. The van der Waals surface area contributed by atoms with Crippen molar-refractivity contribution in [2.24, 2.45) is 5.92 Å². The minimum absolute atomic E-state index is 0.332. The van der Waals surface area contributed by atoms with E-state index in [9.17, 15) is 4.79 Å². The number of rotatable bonds is 3. The van der Waals surface area contributed by atoms with Gasteiger partial charge in [0.1, 0.15) is 5.56 Å². The first-order chi connectivity index (χ1) is 7.59. The van der Waals surface area contributed by atoms with E-state index in [-0.39, 0.29) is 0 Å². The summed E-state index contributed by atoms with van der Waals surface area (Å²) in [6.45, 7) is 5.84. The Hall–Kier alpha value is -1.36. The number of carboxylic acids is 1. The van der Waals surface area contributed by atoms with Gasteiger partial charge in [0.25, 0.3) is 0 Å². The normalized spacial score (nSPS) is 20.2. The van der Waals surface area contributed by atoms with Crippen LogP contribution in [0.15, 0.2) is 0 Å². The van der Waals surface area contributed by atoms with E-state index in [4.69, 9.17) is 9.84 Å². The highest BCUT2D eigenvalue weighted by atomic mass is 16.5. The molecule has 0 aromatic carbocycles. The summed E-state index contributed by atoms with van der Waals surface area (Å²) in [7, 11) is 0. The first-order valence-electron chi connectivity index (χ1n) is 5.44. The van der Waals surface area contributed by atoms with Crippen molar-refractivity contribution in [3.8, 4) is 0 Å². The van der Waals surface area contributed by atoms with E-state index >= 15 is 0 Å². The second-order valence-corrected chi connectivity index (χ2v) is 4.26. The van der Waals surface area contributed by atoms with Crippen LogP contribution in [0.3, 0.4) is 0 Å². The van der Waals surface area contributed by atoms with E-state index in [2.05, 4.69) is 5.10 Å². The molecule has 0 saturated carbocycles. The second-order valence-electron chi connectivity index (χ2n) is 4.26. The molecule has 1 fully saturated rings. The Morgan fingerprint density at radius 1 is 1.62 bits per heavy atom. The van der Waals surface area contributed by atoms with E-state index in [0.29, 0.717) is 17.2 Å². The smallest absolute Gasteiger partial charge is 0.339 e. The Morgan fingerprint density at radius 2 is 2.38 bits per heavy atom. The summed E-state index contributed by atoms with van der Waals surface area (Å²) in [5, 5.41) is 13.3. The zero-order chi connectivity index (χ0) is 11.7. The van der Waals surface area contributed by atoms with E-state index in [1.54, 1.807) is 18.5 Å². The first-order valence-corrected chi connectivity index (χ1v) is 5.44. The molecule has 1 aromatic heterocycles. The van der Waals surface area contributed by atoms with E-state index in [1.165, 1.54) is 0 Å². The maximum absolute atomic E-state index is 11.0. The predicted molar refractivity (Wildman–Crippen MR) is 57.6 cm³/mol. The van der Waals surface area contributed by atoms with Crippen molar-refractivity contribution in [1.82, 2.24) is 9.78 Å². The van der Waals surface area contributed by atoms with Crippen LogP contribution in [0.2, 0.25) is 0 Å². The summed E-state index contributed by atoms with van der Waals surface area (Å²) < 4.78 is 7.09. The van der Waals surface area contributed by atoms with Crippen LogP contribution in [0.1, 0.15) is 28.2 Å². The largest absolute Gasteiger partial charge is 0.478 e. The van der Waals surface area contributed by atoms with Crippen molar-refractivity contribution < 1.29 is 14.6 Å². The minimum atomic E-state index is -0.899. The summed E-state index contributed by atoms with van der Waals surface area (Å²) >= 11 is 0. The molecule has 2 rings (SSSR count). The Balaban J connectivity index is 2.21. The van der Waals surface area contributed by atoms with Crippen molar-refractivity contribution >= 4 is 5.97 Å². The summed E-state index contributed by atoms with van der Waals surface area (Å²) in [4.78, 5) is 11.0. The summed E-state index contributed by atoms with van der Waals surface area (Å²) in [5.74, 6) is -0.441. The van der Waals surface area contributed by atoms with Gasteiger partial charge < -0.3 is 9.84 Å². The van der Waals surface area contributed by atoms with Gasteiger partial charge in [-0.05, 0) is 20.3 Å². The van der Waals surface area contributed by atoms with Crippen molar-refractivity contribution in [3.63, 3.8) is 0 Å². The standard InChI is InChI=1S/C11H16N2O3/c1-7-10(11(14)15)8(2)13(12-7)5-9-3-4-16-6-9/h9H,3-6H2,1-2H3,(H,14,15). The lowest BCUT2D eigenvalue weighted by Crippen LogP contribution is -2.13. The van der Waals surface area contributed by atoms with Crippen molar-refractivity contribution in [1.29, 1.82) is 0 Å². The zero-order valence-electron chi connectivity index (χ0n) is 9.56. The van der Waals surface area contributed by atoms with Gasteiger partial charge in [-0.1, -0.05) is 0 Å². The maximum atomic E-state index is 11.0. The van der Waals surface area contributed by atoms with Crippen LogP contribution in [0.5, 0.6) is 0 Å². The fourth-order valence-electron chi connectivity index (χ4n) is 2.16. The number of hydrogen-bond donors (Lipinski definition) is 1. The lowest BCUT2D eigenvalue weighted by molar-refractivity contribution is 0.0695. The number of aromatic nitrogens is 2. The van der Waals surface area contributed by atoms with Crippen molar-refractivity contribution in [2.45, 2.75) is 26.8 Å². The first kappa shape index (κ1) is 11.1. The Morgan fingerprint density at radius 3 is 2.88 bits per heavy atom. The Bertz CT molecular complexity index is 406. The van der Waals surface area contributed by atoms with E-state index in [0.717, 1.165) is 31.9 Å². The quantitative estimate of drug-likeness (QED) is 0.838. The van der Waals surface area contributed by atoms with Crippen LogP contribution in [-0.4, -0.2) is 34.1 Å². The van der Waals surface area contributed by atoms with Gasteiger partial charge >= 0.3 is 5.97 Å². The fourth-order valence-corrected chi connectivity index (χ4v) is 2.16. The molecule has 0 radical (unpaired) electrons. The third-order valence-electron chi connectivity index (χ3n) is 3.05. The van der Waals surface area contributed by atoms with Gasteiger partial charge in [0.05, 0.1) is 18.0 Å².